The molecule has 1 saturated heterocycles. The van der Waals surface area contributed by atoms with Crippen molar-refractivity contribution in [1.82, 2.24) is 10.2 Å². The minimum Gasteiger partial charge on any atom is -0.486 e. The molecule has 5 unspecified atom stereocenters. The molecule has 2 aromatic rings. The molecule has 6 rings (SSSR count). The largest absolute Gasteiger partial charge is 0.486 e. The molecule has 0 bridgehead atoms. The molecule has 3 heterocycles. The molecule has 10 heteroatoms. The Morgan fingerprint density at radius 2 is 1.92 bits per heavy atom. The van der Waals surface area contributed by atoms with Gasteiger partial charge in [0.25, 0.3) is 0 Å². The number of aliphatic hydroxyl groups is 2. The number of carbonyl (C=O) groups excluding carboxylic acids is 2. The van der Waals surface area contributed by atoms with Crippen LogP contribution in [0.1, 0.15) is 23.5 Å². The van der Waals surface area contributed by atoms with Gasteiger partial charge < -0.3 is 39.4 Å². The maximum absolute atomic E-state index is 13.9. The quantitative estimate of drug-likeness (QED) is 0.494. The van der Waals surface area contributed by atoms with Crippen molar-refractivity contribution in [2.45, 2.75) is 37.1 Å². The molecule has 1 fully saturated rings. The van der Waals surface area contributed by atoms with Crippen LogP contribution in [0.2, 0.25) is 0 Å². The van der Waals surface area contributed by atoms with Gasteiger partial charge in [0.05, 0.1) is 31.1 Å². The number of aliphatic hydroxyl groups excluding tert-OH is 2. The zero-order valence-electron chi connectivity index (χ0n) is 20.7. The Hall–Kier alpha value is -3.60. The minimum absolute atomic E-state index is 0.0859. The van der Waals surface area contributed by atoms with Crippen LogP contribution in [-0.4, -0.2) is 78.3 Å². The minimum atomic E-state index is -1.10. The van der Waals surface area contributed by atoms with Gasteiger partial charge >= 0.3 is 0 Å². The summed E-state index contributed by atoms with van der Waals surface area (Å²) in [7, 11) is 0. The van der Waals surface area contributed by atoms with Gasteiger partial charge in [-0.15, -0.1) is 0 Å². The number of ether oxygens (including phenoxy) is 4. The number of hydrogen-bond acceptors (Lipinski definition) is 8. The average Bonchev–Trinajstić information content (AvgIpc) is 3.70. The summed E-state index contributed by atoms with van der Waals surface area (Å²) >= 11 is 0. The van der Waals surface area contributed by atoms with Crippen LogP contribution in [0.5, 0.6) is 17.2 Å². The van der Waals surface area contributed by atoms with Crippen LogP contribution in [0.4, 0.5) is 0 Å². The molecule has 200 valence electrons. The fourth-order valence-electron chi connectivity index (χ4n) is 5.72. The van der Waals surface area contributed by atoms with Crippen LogP contribution in [0.25, 0.3) is 0 Å². The van der Waals surface area contributed by atoms with E-state index >= 15 is 0 Å². The number of fused-ring (bicyclic) bond motifs is 4. The van der Waals surface area contributed by atoms with E-state index < -0.39 is 24.2 Å². The van der Waals surface area contributed by atoms with Gasteiger partial charge in [0, 0.05) is 30.8 Å². The maximum Gasteiger partial charge on any atom is 0.247 e. The van der Waals surface area contributed by atoms with Crippen molar-refractivity contribution in [3.05, 3.63) is 65.2 Å². The van der Waals surface area contributed by atoms with Crippen molar-refractivity contribution in [1.29, 1.82) is 0 Å². The van der Waals surface area contributed by atoms with Crippen molar-refractivity contribution in [3.63, 3.8) is 0 Å². The highest BCUT2D eigenvalue weighted by Crippen LogP contribution is 2.47. The summed E-state index contributed by atoms with van der Waals surface area (Å²) in [5.41, 5.74) is 2.00. The first-order valence-corrected chi connectivity index (χ1v) is 12.9. The van der Waals surface area contributed by atoms with E-state index in [1.54, 1.807) is 17.0 Å². The first kappa shape index (κ1) is 24.7. The molecule has 3 N–H and O–H groups in total. The molecular formula is C28H30N2O8. The number of amides is 2. The second-order valence-electron chi connectivity index (χ2n) is 9.89. The highest BCUT2D eigenvalue weighted by Gasteiger charge is 2.51. The van der Waals surface area contributed by atoms with E-state index in [0.29, 0.717) is 42.5 Å². The van der Waals surface area contributed by atoms with Crippen LogP contribution in [0.15, 0.2) is 54.1 Å². The van der Waals surface area contributed by atoms with Crippen LogP contribution in [0, 0.1) is 5.92 Å². The maximum atomic E-state index is 13.9. The molecule has 0 aromatic heterocycles. The zero-order chi connectivity index (χ0) is 26.2. The SMILES string of the molecule is O=C(NCCO)C1=CC(N(Cc2ccc3c(c2)OCO3)C(=O)C2CCOC2)C(O)C2Oc3ccccc3C12. The third-order valence-electron chi connectivity index (χ3n) is 7.59. The molecular weight excluding hydrogens is 492 g/mol. The molecule has 10 nitrogen and oxygen atoms in total. The lowest BCUT2D eigenvalue weighted by Gasteiger charge is -2.41. The molecule has 5 atom stereocenters. The number of benzene rings is 2. The Labute approximate surface area is 219 Å². The standard InChI is InChI=1S/C28H30N2O8/c31-9-8-29-27(33)19-12-20(25(32)26-24(19)18-3-1-2-4-21(18)38-26)30(28(34)17-7-10-35-14-17)13-16-5-6-22-23(11-16)37-15-36-22/h1-6,11-12,17,20,24-26,31-32H,7-10,13-15H2,(H,29,33). The molecule has 2 amide bonds. The fraction of sp³-hybridized carbons (Fsp3) is 0.429. The highest BCUT2D eigenvalue weighted by atomic mass is 16.7. The Bertz CT molecular complexity index is 1260. The van der Waals surface area contributed by atoms with E-state index in [1.807, 2.05) is 36.4 Å². The second-order valence-corrected chi connectivity index (χ2v) is 9.89. The molecule has 0 saturated carbocycles. The predicted octanol–water partition coefficient (Wildman–Crippen LogP) is 1.10. The summed E-state index contributed by atoms with van der Waals surface area (Å²) in [5, 5.41) is 23.7. The van der Waals surface area contributed by atoms with Crippen molar-refractivity contribution in [3.8, 4) is 17.2 Å². The summed E-state index contributed by atoms with van der Waals surface area (Å²) in [5.74, 6) is 0.439. The van der Waals surface area contributed by atoms with Crippen LogP contribution < -0.4 is 19.5 Å². The average molecular weight is 523 g/mol. The van der Waals surface area contributed by atoms with Gasteiger partial charge in [-0.2, -0.15) is 0 Å². The second kappa shape index (κ2) is 10.3. The highest BCUT2D eigenvalue weighted by molar-refractivity contribution is 5.96. The lowest BCUT2D eigenvalue weighted by atomic mass is 9.77. The monoisotopic (exact) mass is 522 g/mol. The van der Waals surface area contributed by atoms with Crippen molar-refractivity contribution in [2.75, 3.05) is 33.2 Å². The van der Waals surface area contributed by atoms with Gasteiger partial charge in [-0.3, -0.25) is 9.59 Å². The summed E-state index contributed by atoms with van der Waals surface area (Å²) in [4.78, 5) is 28.8. The van der Waals surface area contributed by atoms with E-state index in [0.717, 1.165) is 11.1 Å². The topological polar surface area (TPSA) is 127 Å². The lowest BCUT2D eigenvalue weighted by Crippen LogP contribution is -2.56. The Kier molecular flexibility index (Phi) is 6.69. The van der Waals surface area contributed by atoms with Crippen LogP contribution in [0.3, 0.4) is 0 Å². The Morgan fingerprint density at radius 3 is 2.74 bits per heavy atom. The third-order valence-corrected chi connectivity index (χ3v) is 7.59. The number of hydrogen-bond donors (Lipinski definition) is 3. The summed E-state index contributed by atoms with van der Waals surface area (Å²) in [6.07, 6.45) is 0.414. The van der Waals surface area contributed by atoms with E-state index in [-0.39, 0.29) is 44.2 Å². The van der Waals surface area contributed by atoms with E-state index in [2.05, 4.69) is 5.32 Å². The number of para-hydroxylation sites is 1. The third kappa shape index (κ3) is 4.38. The number of carbonyl (C=O) groups is 2. The normalized spacial score (nSPS) is 26.7. The van der Waals surface area contributed by atoms with Gasteiger partial charge in [-0.05, 0) is 36.3 Å². The fourth-order valence-corrected chi connectivity index (χ4v) is 5.72. The predicted molar refractivity (Wildman–Crippen MR) is 134 cm³/mol. The first-order valence-electron chi connectivity index (χ1n) is 12.9. The molecule has 3 aliphatic heterocycles. The van der Waals surface area contributed by atoms with Crippen molar-refractivity contribution >= 4 is 11.8 Å². The zero-order valence-corrected chi connectivity index (χ0v) is 20.7. The molecule has 2 aromatic carbocycles. The van der Waals surface area contributed by atoms with E-state index in [9.17, 15) is 19.8 Å². The van der Waals surface area contributed by atoms with Gasteiger partial charge in [-0.1, -0.05) is 24.3 Å². The Balaban J connectivity index is 1.39. The smallest absolute Gasteiger partial charge is 0.247 e. The van der Waals surface area contributed by atoms with Gasteiger partial charge in [-0.25, -0.2) is 0 Å². The molecule has 0 radical (unpaired) electrons. The van der Waals surface area contributed by atoms with Crippen molar-refractivity contribution in [2.24, 2.45) is 5.92 Å². The van der Waals surface area contributed by atoms with Gasteiger partial charge in [0.15, 0.2) is 11.5 Å². The van der Waals surface area contributed by atoms with Gasteiger partial charge in [0.1, 0.15) is 18.0 Å². The summed E-state index contributed by atoms with van der Waals surface area (Å²) in [6, 6.07) is 12.0. The number of rotatable bonds is 7. The number of nitrogens with zero attached hydrogens (tertiary/aromatic N) is 1. The lowest BCUT2D eigenvalue weighted by molar-refractivity contribution is -0.142. The molecule has 0 spiro atoms. The number of nitrogens with one attached hydrogen (secondary N) is 1. The van der Waals surface area contributed by atoms with Gasteiger partial charge in [0.2, 0.25) is 18.6 Å². The van der Waals surface area contributed by atoms with E-state index in [1.165, 1.54) is 0 Å². The van der Waals surface area contributed by atoms with Crippen LogP contribution >= 0.6 is 0 Å². The van der Waals surface area contributed by atoms with Crippen molar-refractivity contribution < 1.29 is 38.7 Å². The van der Waals surface area contributed by atoms with Crippen LogP contribution in [-0.2, 0) is 20.9 Å². The summed E-state index contributed by atoms with van der Waals surface area (Å²) < 4.78 is 22.6. The summed E-state index contributed by atoms with van der Waals surface area (Å²) in [6.45, 7) is 1.000. The van der Waals surface area contributed by atoms with E-state index in [4.69, 9.17) is 18.9 Å². The molecule has 4 aliphatic rings. The first-order chi connectivity index (χ1) is 18.5. The Morgan fingerprint density at radius 1 is 1.08 bits per heavy atom. The molecule has 1 aliphatic carbocycles. The molecule has 38 heavy (non-hydrogen) atoms.